The van der Waals surface area contributed by atoms with Crippen LogP contribution in [0.4, 0.5) is 0 Å². The van der Waals surface area contributed by atoms with E-state index in [-0.39, 0.29) is 46.4 Å². The number of hydrogen-bond acceptors (Lipinski definition) is 16. The number of aliphatic hydroxyl groups excluding tert-OH is 3. The molecule has 0 fully saturated rings. The third-order valence-corrected chi connectivity index (χ3v) is 11.2. The minimum atomic E-state index is -0.152. The first-order chi connectivity index (χ1) is 38.7. The molecule has 0 amide bonds. The van der Waals surface area contributed by atoms with Crippen LogP contribution in [-0.2, 0) is 35.6 Å². The maximum Gasteiger partial charge on any atom is 0.275 e. The van der Waals surface area contributed by atoms with Gasteiger partial charge in [0.1, 0.15) is 35.6 Å². The summed E-state index contributed by atoms with van der Waals surface area (Å²) >= 11 is 0. The number of carbonyl (C=O) groups excluding carboxylic acids is 2. The highest BCUT2D eigenvalue weighted by Gasteiger charge is 2.13. The lowest BCUT2D eigenvalue weighted by molar-refractivity contribution is -0.0987. The lowest BCUT2D eigenvalue weighted by Crippen LogP contribution is -2.24. The number of aryl methyl sites for hydroxylation is 1. The molecule has 0 saturated heterocycles. The van der Waals surface area contributed by atoms with E-state index in [0.717, 1.165) is 93.3 Å². The molecule has 0 aliphatic heterocycles. The molecule has 26 heteroatoms. The Morgan fingerprint density at radius 3 is 1.43 bits per heavy atom. The SMILES string of the molecule is C=O.C=O.CCCCc1c[nH]c2c(=O)[nH]cnc12.NCCO.O.O.O=c1[nH]cnc2c(CN(CCCCO)Cc3ccccc3)c[nH]c12.O=c1[nH]cnc2cc[nH]c12.O=c1[nH]cnc2cc[nH]c12.OCCCCNCc1ccccc1. The van der Waals surface area contributed by atoms with Gasteiger partial charge in [-0.2, -0.15) is 0 Å². The van der Waals surface area contributed by atoms with Crippen LogP contribution in [0.25, 0.3) is 44.1 Å². The van der Waals surface area contributed by atoms with Crippen LogP contribution in [0.5, 0.6) is 0 Å². The third-order valence-electron chi connectivity index (χ3n) is 11.2. The van der Waals surface area contributed by atoms with Gasteiger partial charge in [-0.25, -0.2) is 19.9 Å². The van der Waals surface area contributed by atoms with Gasteiger partial charge in [0.2, 0.25) is 0 Å². The molecule has 0 radical (unpaired) electrons. The highest BCUT2D eigenvalue weighted by Crippen LogP contribution is 2.17. The van der Waals surface area contributed by atoms with E-state index < -0.39 is 0 Å². The second-order valence-electron chi connectivity index (χ2n) is 16.8. The molecule has 0 aliphatic carbocycles. The van der Waals surface area contributed by atoms with E-state index in [1.54, 1.807) is 24.5 Å². The third kappa shape index (κ3) is 24.4. The first kappa shape index (κ1) is 70.2. The average Bonchev–Trinajstić information content (AvgIpc) is 4.41. The van der Waals surface area contributed by atoms with Crippen molar-refractivity contribution in [3.63, 3.8) is 0 Å². The highest BCUT2D eigenvalue weighted by atomic mass is 16.3. The number of nitrogens with one attached hydrogen (secondary N) is 9. The van der Waals surface area contributed by atoms with Crippen molar-refractivity contribution < 1.29 is 35.9 Å². The number of hydrogen-bond donors (Lipinski definition) is 13. The molecule has 10 rings (SSSR count). The fourth-order valence-electron chi connectivity index (χ4n) is 7.39. The molecule has 18 N–H and O–H groups in total. The maximum atomic E-state index is 11.8. The minimum absolute atomic E-state index is 0. The van der Waals surface area contributed by atoms with E-state index in [4.69, 9.17) is 30.6 Å². The normalized spacial score (nSPS) is 9.95. The van der Waals surface area contributed by atoms with Crippen molar-refractivity contribution in [2.75, 3.05) is 39.5 Å². The maximum absolute atomic E-state index is 11.8. The minimum Gasteiger partial charge on any atom is -0.412 e. The molecule has 8 heterocycles. The lowest BCUT2D eigenvalue weighted by Gasteiger charge is -2.22. The van der Waals surface area contributed by atoms with Crippen LogP contribution in [0.2, 0.25) is 0 Å². The standard InChI is InChI=1S/C18H22N4O2.C11H17NO.C10H13N3O.2C6H5N3O.C2H7NO.2CH2O.2H2O/c23-9-5-4-8-22(11-14-6-2-1-3-7-14)12-15-10-19-17-16(15)20-13-21-18(17)24;13-9-5-4-8-12-10-11-6-2-1-3-7-11;1-2-3-4-7-5-11-9-8(7)12-6-13-10(9)14;2*10-6-5-4(1-2-7-5)8-3-9-6;3-1-2-4;2*1-2;;/h1-3,6-7,10,13,19,23H,4-5,8-9,11-12H2,(H,20,21,24);1-3,6-7,12-13H,4-5,8-10H2;5-6,11H,2-4H2,1H3,(H,12,13,14);2*1-3,7H,(H,8,9,10);4H,1-3H2;2*1H2;2*1H2. The predicted molar refractivity (Wildman–Crippen MR) is 314 cm³/mol. The lowest BCUT2D eigenvalue weighted by atomic mass is 10.1. The van der Waals surface area contributed by atoms with Crippen molar-refractivity contribution in [1.29, 1.82) is 0 Å². The van der Waals surface area contributed by atoms with Gasteiger partial charge in [-0.15, -0.1) is 0 Å². The average molecular weight is 1120 g/mol. The van der Waals surface area contributed by atoms with Gasteiger partial charge in [-0.05, 0) is 80.4 Å². The number of carbonyl (C=O) groups is 2. The number of aromatic amines is 8. The quantitative estimate of drug-likeness (QED) is 0.0549. The molecule has 0 aliphatic rings. The van der Waals surface area contributed by atoms with Gasteiger partial charge in [0.15, 0.2) is 0 Å². The Labute approximate surface area is 465 Å². The number of nitrogens with zero attached hydrogens (tertiary/aromatic N) is 5. The molecule has 81 heavy (non-hydrogen) atoms. The van der Waals surface area contributed by atoms with Crippen molar-refractivity contribution in [1.82, 2.24) is 70.0 Å². The molecule has 0 unspecified atom stereocenters. The first-order valence-corrected chi connectivity index (χ1v) is 25.4. The molecule has 26 nitrogen and oxygen atoms in total. The Balaban J connectivity index is 0.000000504. The van der Waals surface area contributed by atoms with Gasteiger partial charge < -0.3 is 86.8 Å². The van der Waals surface area contributed by atoms with Crippen molar-refractivity contribution in [3.05, 3.63) is 187 Å². The van der Waals surface area contributed by atoms with Crippen LogP contribution in [-0.4, -0.2) is 144 Å². The Morgan fingerprint density at radius 1 is 0.519 bits per heavy atom. The molecule has 2 aromatic carbocycles. The molecule has 8 aromatic heterocycles. The number of nitrogens with two attached hydrogens (primary N) is 1. The van der Waals surface area contributed by atoms with Crippen LogP contribution in [0.15, 0.2) is 142 Å². The number of aromatic nitrogens is 12. The van der Waals surface area contributed by atoms with E-state index in [2.05, 4.69) is 101 Å². The molecule has 0 spiro atoms. The van der Waals surface area contributed by atoms with Crippen LogP contribution >= 0.6 is 0 Å². The Hall–Kier alpha value is -8.86. The Kier molecular flexibility index (Phi) is 36.5. The van der Waals surface area contributed by atoms with E-state index in [1.165, 1.54) is 36.4 Å². The monoisotopic (exact) mass is 1120 g/mol. The number of rotatable bonds is 18. The summed E-state index contributed by atoms with van der Waals surface area (Å²) in [6, 6.07) is 24.1. The fourth-order valence-corrected chi connectivity index (χ4v) is 7.39. The van der Waals surface area contributed by atoms with Crippen LogP contribution < -0.4 is 33.3 Å². The summed E-state index contributed by atoms with van der Waals surface area (Å²) in [6.45, 7) is 11.4. The van der Waals surface area contributed by atoms with Crippen LogP contribution in [0.1, 0.15) is 67.7 Å². The van der Waals surface area contributed by atoms with Gasteiger partial charge in [0, 0.05) is 69.7 Å². The number of benzene rings is 2. The predicted octanol–water partition coefficient (Wildman–Crippen LogP) is 2.59. The largest absolute Gasteiger partial charge is 0.412 e. The molecule has 438 valence electrons. The Bertz CT molecular complexity index is 3330. The van der Waals surface area contributed by atoms with Crippen molar-refractivity contribution in [3.8, 4) is 0 Å². The van der Waals surface area contributed by atoms with E-state index in [0.29, 0.717) is 52.8 Å². The fraction of sp³-hybridized carbons (Fsp3) is 0.309. The summed E-state index contributed by atoms with van der Waals surface area (Å²) in [5.74, 6) is 0. The first-order valence-electron chi connectivity index (χ1n) is 25.4. The van der Waals surface area contributed by atoms with Crippen LogP contribution in [0, 0.1) is 0 Å². The summed E-state index contributed by atoms with van der Waals surface area (Å²) in [6.07, 6.45) is 19.7. The zero-order valence-electron chi connectivity index (χ0n) is 45.4. The molecule has 0 saturated carbocycles. The Morgan fingerprint density at radius 2 is 0.963 bits per heavy atom. The number of fused-ring (bicyclic) bond motifs is 4. The smallest absolute Gasteiger partial charge is 0.275 e. The van der Waals surface area contributed by atoms with Gasteiger partial charge in [0.05, 0.1) is 54.0 Å². The van der Waals surface area contributed by atoms with Crippen molar-refractivity contribution in [2.24, 2.45) is 5.73 Å². The van der Waals surface area contributed by atoms with Gasteiger partial charge in [-0.1, -0.05) is 74.0 Å². The van der Waals surface area contributed by atoms with Gasteiger partial charge in [0.25, 0.3) is 22.2 Å². The topological polar surface area (TPSA) is 445 Å². The summed E-state index contributed by atoms with van der Waals surface area (Å²) in [5, 5.41) is 28.7. The highest BCUT2D eigenvalue weighted by molar-refractivity contribution is 5.78. The molecule has 10 aromatic rings. The van der Waals surface area contributed by atoms with E-state index in [1.807, 2.05) is 62.4 Å². The molecule has 0 atom stereocenters. The summed E-state index contributed by atoms with van der Waals surface area (Å²) < 4.78 is 0. The molecule has 0 bridgehead atoms. The van der Waals surface area contributed by atoms with Crippen molar-refractivity contribution in [2.45, 2.75) is 71.5 Å². The number of aliphatic hydroxyl groups is 3. The zero-order valence-corrected chi connectivity index (χ0v) is 45.4. The van der Waals surface area contributed by atoms with E-state index >= 15 is 0 Å². The van der Waals surface area contributed by atoms with Crippen molar-refractivity contribution >= 4 is 57.7 Å². The van der Waals surface area contributed by atoms with Gasteiger partial charge in [-0.3, -0.25) is 24.1 Å². The molecular formula is C55H77N15O11. The summed E-state index contributed by atoms with van der Waals surface area (Å²) in [7, 11) is 0. The number of unbranched alkanes of at least 4 members (excludes halogenated alkanes) is 3. The summed E-state index contributed by atoms with van der Waals surface area (Å²) in [5.41, 5.74) is 14.0. The van der Waals surface area contributed by atoms with E-state index in [9.17, 15) is 19.2 Å². The second kappa shape index (κ2) is 42.1. The number of H-pyrrole nitrogens is 8. The van der Waals surface area contributed by atoms with Crippen LogP contribution in [0.3, 0.4) is 0 Å². The second-order valence-corrected chi connectivity index (χ2v) is 16.8. The zero-order chi connectivity index (χ0) is 57.5. The van der Waals surface area contributed by atoms with Gasteiger partial charge >= 0.3 is 0 Å². The molecular weight excluding hydrogens is 1050 g/mol. The summed E-state index contributed by atoms with van der Waals surface area (Å²) in [4.78, 5) is 101.